The van der Waals surface area contributed by atoms with Crippen molar-refractivity contribution >= 4 is 43.2 Å². The maximum absolute atomic E-state index is 3.71. The van der Waals surface area contributed by atoms with E-state index in [4.69, 9.17) is 0 Å². The van der Waals surface area contributed by atoms with Gasteiger partial charge in [-0.15, -0.1) is 11.3 Å². The number of hydrogen-bond acceptors (Lipinski definition) is 2. The van der Waals surface area contributed by atoms with Gasteiger partial charge in [0.25, 0.3) is 0 Å². The maximum atomic E-state index is 3.71. The minimum atomic E-state index is 0.308. The molecule has 1 aromatic rings. The molecule has 0 atom stereocenters. The molecule has 0 saturated heterocycles. The number of nitrogens with one attached hydrogen (secondary N) is 1. The lowest BCUT2D eigenvalue weighted by molar-refractivity contribution is 0.289. The van der Waals surface area contributed by atoms with Gasteiger partial charge in [-0.2, -0.15) is 0 Å². The second-order valence-corrected chi connectivity index (χ2v) is 7.34. The first kappa shape index (κ1) is 14.7. The summed E-state index contributed by atoms with van der Waals surface area (Å²) in [7, 11) is 0. The smallest absolute Gasteiger partial charge is 0.0843 e. The number of thiophene rings is 1. The fourth-order valence-corrected chi connectivity index (χ4v) is 3.99. The first-order valence-corrected chi connectivity index (χ1v) is 8.16. The average molecular weight is 369 g/mol. The fraction of sp³-hybridized carbons (Fsp3) is 0.667. The van der Waals surface area contributed by atoms with Crippen molar-refractivity contribution in [3.05, 3.63) is 19.2 Å². The fourth-order valence-electron chi connectivity index (χ4n) is 1.88. The van der Waals surface area contributed by atoms with Crippen LogP contribution in [0.5, 0.6) is 0 Å². The van der Waals surface area contributed by atoms with Crippen LogP contribution in [0.15, 0.2) is 14.3 Å². The van der Waals surface area contributed by atoms with E-state index in [0.29, 0.717) is 5.54 Å². The molecule has 0 radical (unpaired) electrons. The van der Waals surface area contributed by atoms with E-state index in [1.807, 2.05) is 0 Å². The molecule has 92 valence electrons. The van der Waals surface area contributed by atoms with Crippen LogP contribution >= 0.6 is 43.2 Å². The predicted molar refractivity (Wildman–Crippen MR) is 80.2 cm³/mol. The molecular formula is C12H19Br2NS. The molecule has 0 bridgehead atoms. The molecule has 4 heteroatoms. The van der Waals surface area contributed by atoms with Crippen molar-refractivity contribution < 1.29 is 0 Å². The van der Waals surface area contributed by atoms with Gasteiger partial charge in [0, 0.05) is 21.4 Å². The van der Waals surface area contributed by atoms with Gasteiger partial charge in [-0.05, 0) is 57.2 Å². The van der Waals surface area contributed by atoms with Crippen molar-refractivity contribution in [1.29, 1.82) is 0 Å². The molecule has 16 heavy (non-hydrogen) atoms. The van der Waals surface area contributed by atoms with Crippen molar-refractivity contribution in [2.75, 3.05) is 0 Å². The maximum Gasteiger partial charge on any atom is 0.0843 e. The molecule has 0 spiro atoms. The summed E-state index contributed by atoms with van der Waals surface area (Å²) in [5, 5.41) is 3.71. The molecule has 0 amide bonds. The second-order valence-electron chi connectivity index (χ2n) is 4.03. The van der Waals surface area contributed by atoms with Crippen LogP contribution in [-0.2, 0) is 6.54 Å². The van der Waals surface area contributed by atoms with Crippen molar-refractivity contribution in [3.8, 4) is 0 Å². The van der Waals surface area contributed by atoms with E-state index >= 15 is 0 Å². The molecule has 0 aliphatic carbocycles. The van der Waals surface area contributed by atoms with Crippen LogP contribution in [-0.4, -0.2) is 5.54 Å². The van der Waals surface area contributed by atoms with Crippen LogP contribution in [0, 0.1) is 0 Å². The van der Waals surface area contributed by atoms with Crippen LogP contribution in [0.1, 0.15) is 44.9 Å². The summed E-state index contributed by atoms with van der Waals surface area (Å²) < 4.78 is 2.34. The Morgan fingerprint density at radius 1 is 1.19 bits per heavy atom. The SMILES string of the molecule is CCC(CC)(CC)NCc1cc(Br)c(Br)s1. The van der Waals surface area contributed by atoms with Crippen molar-refractivity contribution in [2.45, 2.75) is 52.1 Å². The topological polar surface area (TPSA) is 12.0 Å². The van der Waals surface area contributed by atoms with Crippen LogP contribution in [0.2, 0.25) is 0 Å². The lowest BCUT2D eigenvalue weighted by Crippen LogP contribution is -2.42. The zero-order valence-electron chi connectivity index (χ0n) is 10.1. The van der Waals surface area contributed by atoms with E-state index < -0.39 is 0 Å². The van der Waals surface area contributed by atoms with Crippen molar-refractivity contribution in [1.82, 2.24) is 5.32 Å². The van der Waals surface area contributed by atoms with Crippen LogP contribution in [0.3, 0.4) is 0 Å². The monoisotopic (exact) mass is 367 g/mol. The molecule has 0 aliphatic rings. The van der Waals surface area contributed by atoms with E-state index in [-0.39, 0.29) is 0 Å². The van der Waals surface area contributed by atoms with Crippen LogP contribution in [0.25, 0.3) is 0 Å². The molecule has 1 N–H and O–H groups in total. The van der Waals surface area contributed by atoms with Crippen LogP contribution < -0.4 is 5.32 Å². The Balaban J connectivity index is 2.62. The highest BCUT2D eigenvalue weighted by Gasteiger charge is 2.22. The average Bonchev–Trinajstić information content (AvgIpc) is 2.61. The summed E-state index contributed by atoms with van der Waals surface area (Å²) in [6.45, 7) is 7.76. The highest BCUT2D eigenvalue weighted by Crippen LogP contribution is 2.32. The van der Waals surface area contributed by atoms with Gasteiger partial charge in [0.1, 0.15) is 0 Å². The Bertz CT molecular complexity index is 304. The van der Waals surface area contributed by atoms with Gasteiger partial charge in [-0.1, -0.05) is 20.8 Å². The molecule has 1 rings (SSSR count). The minimum Gasteiger partial charge on any atom is -0.306 e. The van der Waals surface area contributed by atoms with Gasteiger partial charge in [-0.25, -0.2) is 0 Å². The number of hydrogen-bond donors (Lipinski definition) is 1. The summed E-state index contributed by atoms with van der Waals surface area (Å²) in [6, 6.07) is 2.19. The summed E-state index contributed by atoms with van der Waals surface area (Å²) in [4.78, 5) is 1.37. The van der Waals surface area contributed by atoms with Gasteiger partial charge in [-0.3, -0.25) is 0 Å². The molecule has 0 saturated carbocycles. The van der Waals surface area contributed by atoms with Crippen LogP contribution in [0.4, 0.5) is 0 Å². The van der Waals surface area contributed by atoms with E-state index in [2.05, 4.69) is 64.0 Å². The molecule has 0 aromatic carbocycles. The standard InChI is InChI=1S/C12H19Br2NS/c1-4-12(5-2,6-3)15-8-9-7-10(13)11(14)16-9/h7,15H,4-6,8H2,1-3H3. The Morgan fingerprint density at radius 3 is 2.12 bits per heavy atom. The van der Waals surface area contributed by atoms with E-state index in [1.54, 1.807) is 11.3 Å². The van der Waals surface area contributed by atoms with Crippen molar-refractivity contribution in [2.24, 2.45) is 0 Å². The Morgan fingerprint density at radius 2 is 1.75 bits per heavy atom. The Labute approximate surface area is 119 Å². The Hall–Kier alpha value is 0.620. The predicted octanol–water partition coefficient (Wildman–Crippen LogP) is 5.33. The van der Waals surface area contributed by atoms with Gasteiger partial charge in [0.15, 0.2) is 0 Å². The van der Waals surface area contributed by atoms with Gasteiger partial charge >= 0.3 is 0 Å². The number of rotatable bonds is 6. The first-order valence-electron chi connectivity index (χ1n) is 5.75. The third-order valence-electron chi connectivity index (χ3n) is 3.36. The molecule has 0 unspecified atom stereocenters. The lowest BCUT2D eigenvalue weighted by Gasteiger charge is -2.31. The minimum absolute atomic E-state index is 0.308. The quantitative estimate of drug-likeness (QED) is 0.715. The van der Waals surface area contributed by atoms with E-state index in [9.17, 15) is 0 Å². The molecule has 1 heterocycles. The molecule has 0 aliphatic heterocycles. The largest absolute Gasteiger partial charge is 0.306 e. The summed E-state index contributed by atoms with van der Waals surface area (Å²) in [5.41, 5.74) is 0.308. The van der Waals surface area contributed by atoms with E-state index in [0.717, 1.165) is 11.0 Å². The highest BCUT2D eigenvalue weighted by molar-refractivity contribution is 9.13. The van der Waals surface area contributed by atoms with Gasteiger partial charge in [0.05, 0.1) is 3.79 Å². The molecule has 1 aromatic heterocycles. The first-order chi connectivity index (χ1) is 7.56. The third kappa shape index (κ3) is 3.56. The Kier molecular flexibility index (Phi) is 5.99. The normalized spacial score (nSPS) is 12.1. The summed E-state index contributed by atoms with van der Waals surface area (Å²) >= 11 is 8.85. The highest BCUT2D eigenvalue weighted by atomic mass is 79.9. The molecule has 0 fully saturated rings. The van der Waals surface area contributed by atoms with Gasteiger partial charge < -0.3 is 5.32 Å². The summed E-state index contributed by atoms with van der Waals surface area (Å²) in [6.07, 6.45) is 3.56. The summed E-state index contributed by atoms with van der Waals surface area (Å²) in [5.74, 6) is 0. The zero-order valence-corrected chi connectivity index (χ0v) is 14.1. The second kappa shape index (κ2) is 6.53. The molecule has 1 nitrogen and oxygen atoms in total. The zero-order chi connectivity index (χ0) is 12.2. The van der Waals surface area contributed by atoms with Crippen molar-refractivity contribution in [3.63, 3.8) is 0 Å². The molecular weight excluding hydrogens is 350 g/mol. The van der Waals surface area contributed by atoms with E-state index in [1.165, 1.54) is 27.9 Å². The van der Waals surface area contributed by atoms with Gasteiger partial charge in [0.2, 0.25) is 0 Å². The lowest BCUT2D eigenvalue weighted by atomic mass is 9.90. The third-order valence-corrected chi connectivity index (χ3v) is 6.62. The number of halogens is 2.